The number of methoxy groups -OCH3 is 1. The van der Waals surface area contributed by atoms with E-state index in [9.17, 15) is 5.11 Å². The molecule has 1 spiro atoms. The molecule has 2 aliphatic rings. The molecule has 0 aromatic carbocycles. The van der Waals surface area contributed by atoms with Crippen molar-refractivity contribution >= 4 is 0 Å². The monoisotopic (exact) mass is 382 g/mol. The van der Waals surface area contributed by atoms with Gasteiger partial charge in [-0.1, -0.05) is 6.42 Å². The molecule has 0 aliphatic heterocycles. The van der Waals surface area contributed by atoms with E-state index in [0.717, 1.165) is 49.2 Å². The number of aryl methyl sites for hydroxylation is 1. The highest BCUT2D eigenvalue weighted by molar-refractivity contribution is 5.59. The van der Waals surface area contributed by atoms with E-state index < -0.39 is 0 Å². The predicted octanol–water partition coefficient (Wildman–Crippen LogP) is 3.50. The zero-order valence-corrected chi connectivity index (χ0v) is 16.8. The number of ether oxygens (including phenoxy) is 1. The summed E-state index contributed by atoms with van der Waals surface area (Å²) in [6, 6.07) is 4.00. The minimum atomic E-state index is -0.110. The molecule has 0 bridgehead atoms. The van der Waals surface area contributed by atoms with Crippen molar-refractivity contribution in [3.8, 4) is 17.1 Å². The third-order valence-corrected chi connectivity index (χ3v) is 6.88. The second-order valence-electron chi connectivity index (χ2n) is 8.36. The number of aliphatic hydroxyl groups excluding tert-OH is 1. The molecule has 2 aromatic rings. The molecule has 2 aromatic heterocycles. The van der Waals surface area contributed by atoms with Gasteiger partial charge >= 0.3 is 0 Å². The van der Waals surface area contributed by atoms with Crippen molar-refractivity contribution in [3.05, 3.63) is 35.4 Å². The van der Waals surface area contributed by atoms with E-state index in [1.807, 2.05) is 13.0 Å². The van der Waals surface area contributed by atoms with Crippen molar-refractivity contribution in [3.63, 3.8) is 0 Å². The molecule has 0 radical (unpaired) electrons. The second-order valence-corrected chi connectivity index (χ2v) is 8.36. The fourth-order valence-corrected chi connectivity index (χ4v) is 5.18. The summed E-state index contributed by atoms with van der Waals surface area (Å²) in [5, 5.41) is 9.99. The molecule has 2 heterocycles. The van der Waals surface area contributed by atoms with Crippen LogP contribution in [0, 0.1) is 12.3 Å². The normalized spacial score (nSPS) is 27.3. The lowest BCUT2D eigenvalue weighted by Gasteiger charge is -2.40. The number of hydrogen-bond acceptors (Lipinski definition) is 6. The van der Waals surface area contributed by atoms with Gasteiger partial charge in [0.1, 0.15) is 11.4 Å². The van der Waals surface area contributed by atoms with Crippen LogP contribution in [0.5, 0.6) is 5.75 Å². The maximum absolute atomic E-state index is 9.99. The molecular formula is C22H30N4O2. The van der Waals surface area contributed by atoms with Crippen LogP contribution in [0.1, 0.15) is 67.9 Å². The molecule has 3 N–H and O–H groups in total. The summed E-state index contributed by atoms with van der Waals surface area (Å²) in [7, 11) is 1.63. The van der Waals surface area contributed by atoms with Gasteiger partial charge in [-0.2, -0.15) is 0 Å². The first-order valence-electron chi connectivity index (χ1n) is 10.3. The van der Waals surface area contributed by atoms with Gasteiger partial charge in [0.25, 0.3) is 0 Å². The van der Waals surface area contributed by atoms with Gasteiger partial charge in [-0.15, -0.1) is 0 Å². The Kier molecular flexibility index (Phi) is 5.34. The lowest BCUT2D eigenvalue weighted by molar-refractivity contribution is 0.156. The largest absolute Gasteiger partial charge is 0.497 e. The van der Waals surface area contributed by atoms with Crippen LogP contribution in [-0.4, -0.2) is 33.2 Å². The Balaban J connectivity index is 1.61. The van der Waals surface area contributed by atoms with Gasteiger partial charge in [0.05, 0.1) is 36.5 Å². The fraction of sp³-hybridized carbons (Fsp3) is 0.591. The van der Waals surface area contributed by atoms with Crippen molar-refractivity contribution in [2.24, 2.45) is 11.1 Å². The Morgan fingerprint density at radius 2 is 2.00 bits per heavy atom. The molecule has 2 fully saturated rings. The maximum atomic E-state index is 9.99. The van der Waals surface area contributed by atoms with E-state index in [4.69, 9.17) is 20.4 Å². The highest BCUT2D eigenvalue weighted by atomic mass is 16.5. The van der Waals surface area contributed by atoms with Crippen molar-refractivity contribution in [1.29, 1.82) is 0 Å². The van der Waals surface area contributed by atoms with Crippen LogP contribution in [0.3, 0.4) is 0 Å². The molecule has 150 valence electrons. The highest BCUT2D eigenvalue weighted by Gasteiger charge is 2.43. The number of aliphatic hydroxyl groups is 1. The molecular weight excluding hydrogens is 352 g/mol. The standard InChI is InChI=1S/C22H30N4O2/c1-14-20(17-12-16(28-2)7-11-24-17)26-18(13-27)21(25-14)15-5-9-22(10-6-15)8-3-4-19(22)23/h7,11-12,15,19,27H,3-6,8-10,13,23H2,1-2H3/t15?,19-,22?/m1/s1. The summed E-state index contributed by atoms with van der Waals surface area (Å²) >= 11 is 0. The third-order valence-electron chi connectivity index (χ3n) is 6.88. The summed E-state index contributed by atoms with van der Waals surface area (Å²) in [6.07, 6.45) is 9.85. The second kappa shape index (κ2) is 7.76. The van der Waals surface area contributed by atoms with Crippen LogP contribution >= 0.6 is 0 Å². The Morgan fingerprint density at radius 3 is 2.64 bits per heavy atom. The molecule has 6 nitrogen and oxygen atoms in total. The first kappa shape index (κ1) is 19.3. The molecule has 0 unspecified atom stereocenters. The average Bonchev–Trinajstić information content (AvgIpc) is 3.08. The van der Waals surface area contributed by atoms with Crippen LogP contribution < -0.4 is 10.5 Å². The number of hydrogen-bond donors (Lipinski definition) is 2. The minimum Gasteiger partial charge on any atom is -0.497 e. The Hall–Kier alpha value is -2.05. The number of rotatable bonds is 4. The number of aromatic nitrogens is 3. The Labute approximate surface area is 166 Å². The van der Waals surface area contributed by atoms with Crippen LogP contribution in [0.25, 0.3) is 11.4 Å². The van der Waals surface area contributed by atoms with Crippen molar-refractivity contribution in [2.75, 3.05) is 7.11 Å². The summed E-state index contributed by atoms with van der Waals surface area (Å²) in [6.45, 7) is 1.85. The smallest absolute Gasteiger partial charge is 0.122 e. The molecule has 2 aliphatic carbocycles. The van der Waals surface area contributed by atoms with Crippen LogP contribution in [0.2, 0.25) is 0 Å². The van der Waals surface area contributed by atoms with E-state index in [1.165, 1.54) is 12.8 Å². The lowest BCUT2D eigenvalue weighted by Crippen LogP contribution is -2.39. The minimum absolute atomic E-state index is 0.110. The van der Waals surface area contributed by atoms with Gasteiger partial charge in [-0.25, -0.2) is 4.98 Å². The van der Waals surface area contributed by atoms with Crippen molar-refractivity contribution < 1.29 is 9.84 Å². The molecule has 0 saturated heterocycles. The molecule has 6 heteroatoms. The molecule has 0 amide bonds. The van der Waals surface area contributed by atoms with Crippen LogP contribution in [-0.2, 0) is 6.61 Å². The van der Waals surface area contributed by atoms with Crippen LogP contribution in [0.4, 0.5) is 0 Å². The quantitative estimate of drug-likeness (QED) is 0.840. The fourth-order valence-electron chi connectivity index (χ4n) is 5.18. The molecule has 1 atom stereocenters. The number of nitrogens with two attached hydrogens (primary N) is 1. The SMILES string of the molecule is COc1ccnc(-c2nc(CO)c(C3CCC4(CCC[C@H]4N)CC3)nc2C)c1. The lowest BCUT2D eigenvalue weighted by atomic mass is 9.67. The molecule has 2 saturated carbocycles. The predicted molar refractivity (Wildman–Crippen MR) is 108 cm³/mol. The van der Waals surface area contributed by atoms with Crippen molar-refractivity contribution in [1.82, 2.24) is 15.0 Å². The molecule has 4 rings (SSSR count). The van der Waals surface area contributed by atoms with Gasteiger partial charge in [0, 0.05) is 24.2 Å². The summed E-state index contributed by atoms with van der Waals surface area (Å²) in [5.74, 6) is 1.07. The summed E-state index contributed by atoms with van der Waals surface area (Å²) < 4.78 is 5.30. The number of nitrogens with zero attached hydrogens (tertiary/aromatic N) is 3. The average molecular weight is 383 g/mol. The first-order chi connectivity index (χ1) is 13.6. The topological polar surface area (TPSA) is 94.2 Å². The van der Waals surface area contributed by atoms with E-state index in [0.29, 0.717) is 34.5 Å². The van der Waals surface area contributed by atoms with Gasteiger partial charge in [-0.3, -0.25) is 9.97 Å². The van der Waals surface area contributed by atoms with Gasteiger partial charge in [-0.05, 0) is 56.9 Å². The van der Waals surface area contributed by atoms with E-state index >= 15 is 0 Å². The number of pyridine rings is 1. The van der Waals surface area contributed by atoms with Gasteiger partial charge < -0.3 is 15.6 Å². The summed E-state index contributed by atoms with van der Waals surface area (Å²) in [5.41, 5.74) is 10.6. The maximum Gasteiger partial charge on any atom is 0.122 e. The van der Waals surface area contributed by atoms with Gasteiger partial charge in [0.2, 0.25) is 0 Å². The Bertz CT molecular complexity index is 846. The van der Waals surface area contributed by atoms with E-state index in [2.05, 4.69) is 4.98 Å². The molecule has 28 heavy (non-hydrogen) atoms. The third kappa shape index (κ3) is 3.40. The van der Waals surface area contributed by atoms with Crippen molar-refractivity contribution in [2.45, 2.75) is 70.4 Å². The van der Waals surface area contributed by atoms with Crippen LogP contribution in [0.15, 0.2) is 18.3 Å². The van der Waals surface area contributed by atoms with Gasteiger partial charge in [0.15, 0.2) is 0 Å². The summed E-state index contributed by atoms with van der Waals surface area (Å²) in [4.78, 5) is 14.1. The highest BCUT2D eigenvalue weighted by Crippen LogP contribution is 2.51. The zero-order valence-electron chi connectivity index (χ0n) is 16.8. The Morgan fingerprint density at radius 1 is 1.21 bits per heavy atom. The zero-order chi connectivity index (χ0) is 19.7. The first-order valence-corrected chi connectivity index (χ1v) is 10.3. The van der Waals surface area contributed by atoms with E-state index in [-0.39, 0.29) is 6.61 Å². The van der Waals surface area contributed by atoms with E-state index in [1.54, 1.807) is 19.4 Å².